The maximum absolute atomic E-state index is 11.8. The second-order valence-electron chi connectivity index (χ2n) is 5.18. The average Bonchev–Trinajstić information content (AvgIpc) is 2.87. The molecule has 0 fully saturated rings. The molecule has 1 aromatic heterocycles. The minimum atomic E-state index is -0.136. The summed E-state index contributed by atoms with van der Waals surface area (Å²) in [7, 11) is 0. The van der Waals surface area contributed by atoms with Crippen molar-refractivity contribution >= 4 is 12.0 Å². The van der Waals surface area contributed by atoms with Crippen molar-refractivity contribution in [1.29, 1.82) is 0 Å². The van der Waals surface area contributed by atoms with Crippen molar-refractivity contribution < 1.29 is 14.3 Å². The van der Waals surface area contributed by atoms with Crippen LogP contribution < -0.4 is 5.32 Å². The first-order chi connectivity index (χ1) is 9.55. The molecule has 0 aliphatic rings. The fraction of sp³-hybridized carbons (Fsp3) is 0.562. The van der Waals surface area contributed by atoms with Crippen molar-refractivity contribution in [2.45, 2.75) is 40.0 Å². The molecule has 1 aromatic rings. The third kappa shape index (κ3) is 4.85. The molecule has 1 heterocycles. The molecule has 4 heteroatoms. The minimum absolute atomic E-state index is 0.0144. The van der Waals surface area contributed by atoms with Gasteiger partial charge in [-0.1, -0.05) is 13.8 Å². The lowest BCUT2D eigenvalue weighted by molar-refractivity contribution is -0.117. The summed E-state index contributed by atoms with van der Waals surface area (Å²) in [5, 5.41) is 12.1. The van der Waals surface area contributed by atoms with Crippen LogP contribution in [0.15, 0.2) is 22.6 Å². The highest BCUT2D eigenvalue weighted by Gasteiger charge is 2.25. The molecule has 0 saturated carbocycles. The van der Waals surface area contributed by atoms with Crippen LogP contribution in [0.3, 0.4) is 0 Å². The van der Waals surface area contributed by atoms with E-state index in [-0.39, 0.29) is 17.9 Å². The van der Waals surface area contributed by atoms with Crippen molar-refractivity contribution in [2.24, 2.45) is 5.41 Å². The Morgan fingerprint density at radius 1 is 1.40 bits per heavy atom. The van der Waals surface area contributed by atoms with Crippen molar-refractivity contribution in [2.75, 3.05) is 13.2 Å². The van der Waals surface area contributed by atoms with E-state index >= 15 is 0 Å². The highest BCUT2D eigenvalue weighted by atomic mass is 16.3. The predicted octanol–water partition coefficient (Wildman–Crippen LogP) is 2.91. The summed E-state index contributed by atoms with van der Waals surface area (Å²) in [6.07, 6.45) is 5.72. The summed E-state index contributed by atoms with van der Waals surface area (Å²) in [6.45, 7) is 6.78. The zero-order chi connectivity index (χ0) is 15.0. The number of nitrogens with one attached hydrogen (secondary N) is 1. The summed E-state index contributed by atoms with van der Waals surface area (Å²) < 4.78 is 5.36. The summed E-state index contributed by atoms with van der Waals surface area (Å²) in [5.41, 5.74) is -0.0144. The molecule has 4 nitrogen and oxygen atoms in total. The lowest BCUT2D eigenvalue weighted by Crippen LogP contribution is -2.36. The van der Waals surface area contributed by atoms with Gasteiger partial charge in [-0.25, -0.2) is 0 Å². The monoisotopic (exact) mass is 279 g/mol. The third-order valence-corrected chi connectivity index (χ3v) is 3.94. The van der Waals surface area contributed by atoms with E-state index in [1.807, 2.05) is 19.1 Å². The van der Waals surface area contributed by atoms with Gasteiger partial charge in [0.25, 0.3) is 0 Å². The third-order valence-electron chi connectivity index (χ3n) is 3.94. The lowest BCUT2D eigenvalue weighted by atomic mass is 9.79. The molecule has 0 atom stereocenters. The van der Waals surface area contributed by atoms with Crippen molar-refractivity contribution in [3.63, 3.8) is 0 Å². The molecular weight excluding hydrogens is 254 g/mol. The van der Waals surface area contributed by atoms with Crippen LogP contribution in [0.2, 0.25) is 0 Å². The number of carbonyl (C=O) groups is 1. The Morgan fingerprint density at radius 2 is 2.10 bits per heavy atom. The molecule has 1 rings (SSSR count). The van der Waals surface area contributed by atoms with Crippen LogP contribution in [-0.2, 0) is 4.79 Å². The highest BCUT2D eigenvalue weighted by Crippen LogP contribution is 2.29. The summed E-state index contributed by atoms with van der Waals surface area (Å²) in [5.74, 6) is 1.36. The van der Waals surface area contributed by atoms with Gasteiger partial charge < -0.3 is 14.8 Å². The number of amides is 1. The normalized spacial score (nSPS) is 12.0. The number of furan rings is 1. The van der Waals surface area contributed by atoms with E-state index in [0.717, 1.165) is 18.6 Å². The standard InChI is InChI=1S/C16H25NO3/c1-4-16(5-2,10-11-18)12-17-15(19)9-8-14-7-6-13(3)20-14/h6-9,18H,4-5,10-12H2,1-3H3,(H,17,19)/b9-8+. The van der Waals surface area contributed by atoms with Gasteiger partial charge >= 0.3 is 0 Å². The van der Waals surface area contributed by atoms with E-state index in [1.165, 1.54) is 6.08 Å². The molecule has 0 bridgehead atoms. The van der Waals surface area contributed by atoms with Crippen LogP contribution in [0, 0.1) is 12.3 Å². The van der Waals surface area contributed by atoms with Gasteiger partial charge in [-0.2, -0.15) is 0 Å². The van der Waals surface area contributed by atoms with Gasteiger partial charge in [-0.15, -0.1) is 0 Å². The Kier molecular flexibility index (Phi) is 6.52. The fourth-order valence-electron chi connectivity index (χ4n) is 2.21. The number of hydrogen-bond acceptors (Lipinski definition) is 3. The predicted molar refractivity (Wildman–Crippen MR) is 80.2 cm³/mol. The fourth-order valence-corrected chi connectivity index (χ4v) is 2.21. The van der Waals surface area contributed by atoms with E-state index in [9.17, 15) is 4.79 Å². The first-order valence-electron chi connectivity index (χ1n) is 7.18. The first kappa shape index (κ1) is 16.5. The highest BCUT2D eigenvalue weighted by molar-refractivity contribution is 5.91. The molecule has 0 spiro atoms. The Morgan fingerprint density at radius 3 is 2.60 bits per heavy atom. The number of carbonyl (C=O) groups excluding carboxylic acids is 1. The van der Waals surface area contributed by atoms with Gasteiger partial charge in [0.2, 0.25) is 5.91 Å². The van der Waals surface area contributed by atoms with Crippen LogP contribution in [0.5, 0.6) is 0 Å². The van der Waals surface area contributed by atoms with Crippen LogP contribution in [0.1, 0.15) is 44.6 Å². The molecule has 0 radical (unpaired) electrons. The molecule has 112 valence electrons. The van der Waals surface area contributed by atoms with E-state index < -0.39 is 0 Å². The number of rotatable bonds is 8. The van der Waals surface area contributed by atoms with Crippen LogP contribution in [0.4, 0.5) is 0 Å². The van der Waals surface area contributed by atoms with Crippen molar-refractivity contribution in [3.05, 3.63) is 29.7 Å². The molecular formula is C16H25NO3. The van der Waals surface area contributed by atoms with Gasteiger partial charge in [0.1, 0.15) is 11.5 Å². The van der Waals surface area contributed by atoms with Crippen molar-refractivity contribution in [1.82, 2.24) is 5.32 Å². The molecule has 0 saturated heterocycles. The number of aliphatic hydroxyl groups is 1. The molecule has 0 aliphatic carbocycles. The van der Waals surface area contributed by atoms with Gasteiger partial charge in [-0.3, -0.25) is 4.79 Å². The quantitative estimate of drug-likeness (QED) is 0.719. The average molecular weight is 279 g/mol. The number of aryl methyl sites for hydroxylation is 1. The second kappa shape index (κ2) is 7.90. The van der Waals surface area contributed by atoms with Gasteiger partial charge in [0.15, 0.2) is 0 Å². The zero-order valence-electron chi connectivity index (χ0n) is 12.6. The Bertz CT molecular complexity index is 444. The number of aliphatic hydroxyl groups excluding tert-OH is 1. The van der Waals surface area contributed by atoms with E-state index in [2.05, 4.69) is 19.2 Å². The maximum atomic E-state index is 11.8. The Labute approximate surface area is 120 Å². The van der Waals surface area contributed by atoms with E-state index in [1.54, 1.807) is 6.08 Å². The first-order valence-corrected chi connectivity index (χ1v) is 7.18. The van der Waals surface area contributed by atoms with Gasteiger partial charge in [0, 0.05) is 19.2 Å². The minimum Gasteiger partial charge on any atom is -0.462 e. The maximum Gasteiger partial charge on any atom is 0.244 e. The van der Waals surface area contributed by atoms with E-state index in [0.29, 0.717) is 18.7 Å². The summed E-state index contributed by atoms with van der Waals surface area (Å²) >= 11 is 0. The lowest BCUT2D eigenvalue weighted by Gasteiger charge is -2.31. The van der Waals surface area contributed by atoms with Crippen LogP contribution in [0.25, 0.3) is 6.08 Å². The van der Waals surface area contributed by atoms with Gasteiger partial charge in [0.05, 0.1) is 0 Å². The number of hydrogen-bond donors (Lipinski definition) is 2. The molecule has 1 amide bonds. The zero-order valence-corrected chi connectivity index (χ0v) is 12.6. The molecule has 20 heavy (non-hydrogen) atoms. The van der Waals surface area contributed by atoms with Gasteiger partial charge in [-0.05, 0) is 49.8 Å². The summed E-state index contributed by atoms with van der Waals surface area (Å²) in [4.78, 5) is 11.8. The smallest absolute Gasteiger partial charge is 0.244 e. The van der Waals surface area contributed by atoms with Crippen LogP contribution >= 0.6 is 0 Å². The molecule has 0 aliphatic heterocycles. The SMILES string of the molecule is CCC(CC)(CCO)CNC(=O)/C=C/c1ccc(C)o1. The molecule has 0 aromatic carbocycles. The largest absolute Gasteiger partial charge is 0.462 e. The van der Waals surface area contributed by atoms with Crippen molar-refractivity contribution in [3.8, 4) is 0 Å². The topological polar surface area (TPSA) is 62.5 Å². The summed E-state index contributed by atoms with van der Waals surface area (Å²) in [6, 6.07) is 3.69. The van der Waals surface area contributed by atoms with Crippen LogP contribution in [-0.4, -0.2) is 24.2 Å². The second-order valence-corrected chi connectivity index (χ2v) is 5.18. The Balaban J connectivity index is 2.51. The molecule has 0 unspecified atom stereocenters. The van der Waals surface area contributed by atoms with E-state index in [4.69, 9.17) is 9.52 Å². The Hall–Kier alpha value is -1.55. The molecule has 2 N–H and O–H groups in total.